The van der Waals surface area contributed by atoms with Crippen LogP contribution in [0.15, 0.2) is 77.7 Å². The topological polar surface area (TPSA) is 26.3 Å². The van der Waals surface area contributed by atoms with Gasteiger partial charge >= 0.3 is 0 Å². The highest BCUT2D eigenvalue weighted by molar-refractivity contribution is 7.80. The van der Waals surface area contributed by atoms with Crippen LogP contribution in [0, 0.1) is 13.8 Å². The molecule has 3 aromatic rings. The highest BCUT2D eigenvalue weighted by Gasteiger charge is 2.29. The van der Waals surface area contributed by atoms with Gasteiger partial charge < -0.3 is 0 Å². The fourth-order valence-corrected chi connectivity index (χ4v) is 4.65. The average Bonchev–Trinajstić information content (AvgIpc) is 2.71. The van der Waals surface area contributed by atoms with Crippen LogP contribution >= 0.6 is 0 Å². The molecule has 158 valence electrons. The molecule has 3 unspecified atom stereocenters. The van der Waals surface area contributed by atoms with Crippen molar-refractivity contribution < 1.29 is 12.8 Å². The number of hydrogen-bond donors (Lipinski definition) is 0. The van der Waals surface area contributed by atoms with Crippen LogP contribution in [0.1, 0.15) is 60.9 Å². The van der Waals surface area contributed by atoms with E-state index < -0.39 is 23.4 Å². The third-order valence-electron chi connectivity index (χ3n) is 5.20. The molecule has 0 N–H and O–H groups in total. The second kappa shape index (κ2) is 9.23. The molecule has 0 aromatic heterocycles. The van der Waals surface area contributed by atoms with Crippen LogP contribution in [-0.4, -0.2) is 4.21 Å². The van der Waals surface area contributed by atoms with Gasteiger partial charge in [-0.05, 0) is 47.1 Å². The van der Waals surface area contributed by atoms with Gasteiger partial charge in [-0.3, -0.25) is 4.18 Å². The zero-order chi connectivity index (χ0) is 21.9. The lowest BCUT2D eigenvalue weighted by molar-refractivity contribution is 0.114. The summed E-state index contributed by atoms with van der Waals surface area (Å²) in [5, 5.41) is 0. The number of halogens is 1. The van der Waals surface area contributed by atoms with Crippen LogP contribution < -0.4 is 0 Å². The Morgan fingerprint density at radius 2 is 1.30 bits per heavy atom. The Labute approximate surface area is 181 Å². The molecule has 0 saturated heterocycles. The molecule has 0 aliphatic rings. The van der Waals surface area contributed by atoms with Gasteiger partial charge in [0, 0.05) is 0 Å². The fourth-order valence-electron chi connectivity index (χ4n) is 3.52. The first-order valence-corrected chi connectivity index (χ1v) is 11.2. The summed E-state index contributed by atoms with van der Waals surface area (Å²) in [5.74, 6) is 0. The number of hydrogen-bond acceptors (Lipinski definition) is 2. The lowest BCUT2D eigenvalue weighted by Crippen LogP contribution is -2.16. The van der Waals surface area contributed by atoms with Gasteiger partial charge in [-0.2, -0.15) is 0 Å². The van der Waals surface area contributed by atoms with E-state index in [0.29, 0.717) is 16.0 Å². The molecule has 0 heterocycles. The first-order valence-electron chi connectivity index (χ1n) is 10.1. The predicted molar refractivity (Wildman–Crippen MR) is 122 cm³/mol. The molecule has 0 amide bonds. The summed E-state index contributed by atoms with van der Waals surface area (Å²) < 4.78 is 34.7. The van der Waals surface area contributed by atoms with Crippen molar-refractivity contribution in [2.45, 2.75) is 57.2 Å². The monoisotopic (exact) mass is 424 g/mol. The summed E-state index contributed by atoms with van der Waals surface area (Å²) >= 11 is -1.81. The van der Waals surface area contributed by atoms with Crippen LogP contribution in [0.2, 0.25) is 0 Å². The van der Waals surface area contributed by atoms with Crippen molar-refractivity contribution in [2.75, 3.05) is 0 Å². The van der Waals surface area contributed by atoms with Crippen molar-refractivity contribution in [3.05, 3.63) is 101 Å². The molecule has 0 saturated carbocycles. The van der Waals surface area contributed by atoms with Crippen LogP contribution in [0.5, 0.6) is 0 Å². The van der Waals surface area contributed by atoms with E-state index >= 15 is 4.39 Å². The van der Waals surface area contributed by atoms with Crippen molar-refractivity contribution in [3.63, 3.8) is 0 Å². The summed E-state index contributed by atoms with van der Waals surface area (Å²) in [6, 6.07) is 22.1. The van der Waals surface area contributed by atoms with E-state index in [1.54, 1.807) is 36.4 Å². The Kier molecular flexibility index (Phi) is 6.89. The molecule has 0 spiro atoms. The molecule has 3 aromatic carbocycles. The van der Waals surface area contributed by atoms with E-state index in [0.717, 1.165) is 11.1 Å². The summed E-state index contributed by atoms with van der Waals surface area (Å²) in [6.07, 6.45) is -2.41. The summed E-state index contributed by atoms with van der Waals surface area (Å²) in [5.41, 5.74) is 4.09. The smallest absolute Gasteiger partial charge is 0.190 e. The molecule has 0 fully saturated rings. The molecular weight excluding hydrogens is 395 g/mol. The molecule has 2 nitrogen and oxygen atoms in total. The minimum atomic E-state index is -1.81. The second-order valence-corrected chi connectivity index (χ2v) is 9.73. The van der Waals surface area contributed by atoms with Gasteiger partial charge in [-0.1, -0.05) is 93.6 Å². The maximum absolute atomic E-state index is 15.5. The van der Waals surface area contributed by atoms with Gasteiger partial charge in [-0.25, -0.2) is 8.60 Å². The van der Waals surface area contributed by atoms with E-state index in [1.165, 1.54) is 5.56 Å². The van der Waals surface area contributed by atoms with Crippen molar-refractivity contribution in [3.8, 4) is 0 Å². The number of benzene rings is 3. The van der Waals surface area contributed by atoms with Crippen LogP contribution in [-0.2, 0) is 20.7 Å². The van der Waals surface area contributed by atoms with E-state index in [9.17, 15) is 4.21 Å². The zero-order valence-corrected chi connectivity index (χ0v) is 19.0. The maximum atomic E-state index is 15.5. The first kappa shape index (κ1) is 22.4. The molecular formula is C26H29FO2S. The standard InChI is InChI=1S/C26H29FO2S/c1-18-16-22(26(3,4)5)17-19(2)25(18)30(28)29-24(21-14-10-7-11-15-21)23(27)20-12-8-6-9-13-20/h6-17,23-24H,1-5H3. The minimum Gasteiger partial charge on any atom is -0.275 e. The normalized spacial score (nSPS) is 14.9. The Hall–Kier alpha value is -2.30. The Bertz CT molecular complexity index is 987. The maximum Gasteiger partial charge on any atom is 0.190 e. The summed E-state index contributed by atoms with van der Waals surface area (Å²) in [7, 11) is 0. The largest absolute Gasteiger partial charge is 0.275 e. The van der Waals surface area contributed by atoms with E-state index in [2.05, 4.69) is 20.8 Å². The predicted octanol–water partition coefficient (Wildman–Crippen LogP) is 7.09. The van der Waals surface area contributed by atoms with Gasteiger partial charge in [0.25, 0.3) is 0 Å². The Balaban J connectivity index is 1.96. The van der Waals surface area contributed by atoms with Gasteiger partial charge in [0.15, 0.2) is 17.3 Å². The van der Waals surface area contributed by atoms with Gasteiger partial charge in [-0.15, -0.1) is 0 Å². The quantitative estimate of drug-likeness (QED) is 0.422. The molecule has 0 radical (unpaired) electrons. The van der Waals surface area contributed by atoms with Crippen molar-refractivity contribution in [1.29, 1.82) is 0 Å². The Morgan fingerprint density at radius 3 is 1.77 bits per heavy atom. The summed E-state index contributed by atoms with van der Waals surface area (Å²) in [4.78, 5) is 0.615. The lowest BCUT2D eigenvalue weighted by Gasteiger charge is -2.24. The van der Waals surface area contributed by atoms with Crippen molar-refractivity contribution in [1.82, 2.24) is 0 Å². The van der Waals surface area contributed by atoms with Crippen LogP contribution in [0.3, 0.4) is 0 Å². The summed E-state index contributed by atoms with van der Waals surface area (Å²) in [6.45, 7) is 10.3. The molecule has 0 aliphatic carbocycles. The average molecular weight is 425 g/mol. The first-order chi connectivity index (χ1) is 14.2. The molecule has 3 atom stereocenters. The lowest BCUT2D eigenvalue weighted by atomic mass is 9.85. The van der Waals surface area contributed by atoms with Gasteiger partial charge in [0.2, 0.25) is 0 Å². The SMILES string of the molecule is Cc1cc(C(C)(C)C)cc(C)c1S(=O)OC(c1ccccc1)C(F)c1ccccc1. The number of aryl methyl sites for hydroxylation is 2. The van der Waals surface area contributed by atoms with Crippen molar-refractivity contribution in [2.24, 2.45) is 0 Å². The molecule has 30 heavy (non-hydrogen) atoms. The van der Waals surface area contributed by atoms with E-state index in [4.69, 9.17) is 4.18 Å². The highest BCUT2D eigenvalue weighted by Crippen LogP contribution is 2.38. The second-order valence-electron chi connectivity index (χ2n) is 8.66. The van der Waals surface area contributed by atoms with Gasteiger partial charge in [0.05, 0.1) is 4.90 Å². The molecule has 0 bridgehead atoms. The highest BCUT2D eigenvalue weighted by atomic mass is 32.2. The number of rotatable bonds is 6. The molecule has 3 rings (SSSR count). The molecule has 0 aliphatic heterocycles. The third-order valence-corrected chi connectivity index (χ3v) is 6.56. The van der Waals surface area contributed by atoms with E-state index in [1.807, 2.05) is 50.2 Å². The minimum absolute atomic E-state index is 0.0136. The van der Waals surface area contributed by atoms with Gasteiger partial charge in [0.1, 0.15) is 6.10 Å². The Morgan fingerprint density at radius 1 is 0.833 bits per heavy atom. The number of alkyl halides is 1. The third kappa shape index (κ3) is 5.05. The molecule has 4 heteroatoms. The van der Waals surface area contributed by atoms with Crippen LogP contribution in [0.4, 0.5) is 4.39 Å². The van der Waals surface area contributed by atoms with Crippen LogP contribution in [0.25, 0.3) is 0 Å². The zero-order valence-electron chi connectivity index (χ0n) is 18.2. The van der Waals surface area contributed by atoms with Crippen molar-refractivity contribution >= 4 is 11.1 Å². The fraction of sp³-hybridized carbons (Fsp3) is 0.308. The van der Waals surface area contributed by atoms with E-state index in [-0.39, 0.29) is 5.41 Å².